The van der Waals surface area contributed by atoms with Crippen molar-refractivity contribution in [2.24, 2.45) is 0 Å². The average Bonchev–Trinajstić information content (AvgIpc) is 2.88. The number of benzene rings is 1. The summed E-state index contributed by atoms with van der Waals surface area (Å²) in [6, 6.07) is 10.2. The Morgan fingerprint density at radius 3 is 2.52 bits per heavy atom. The molecule has 0 amide bonds. The second-order valence-corrected chi connectivity index (χ2v) is 4.49. The molecule has 0 N–H and O–H groups in total. The zero-order valence-corrected chi connectivity index (χ0v) is 10.8. The highest BCUT2D eigenvalue weighted by atomic mass is 19.4. The van der Waals surface area contributed by atoms with Crippen LogP contribution in [0.15, 0.2) is 54.9 Å². The van der Waals surface area contributed by atoms with Crippen LogP contribution in [0.5, 0.6) is 5.75 Å². The van der Waals surface area contributed by atoms with E-state index in [0.717, 1.165) is 23.5 Å². The summed E-state index contributed by atoms with van der Waals surface area (Å²) >= 11 is 0. The van der Waals surface area contributed by atoms with Gasteiger partial charge in [-0.05, 0) is 36.4 Å². The predicted molar refractivity (Wildman–Crippen MR) is 71.0 cm³/mol. The van der Waals surface area contributed by atoms with Crippen molar-refractivity contribution in [3.63, 3.8) is 0 Å². The molecule has 3 aromatic rings. The van der Waals surface area contributed by atoms with E-state index in [0.29, 0.717) is 5.75 Å². The van der Waals surface area contributed by atoms with Crippen molar-refractivity contribution in [2.45, 2.75) is 12.8 Å². The zero-order valence-electron chi connectivity index (χ0n) is 10.8. The first-order valence-electron chi connectivity index (χ1n) is 6.25. The van der Waals surface area contributed by atoms with Crippen molar-refractivity contribution in [3.8, 4) is 5.75 Å². The van der Waals surface area contributed by atoms with Gasteiger partial charge in [0, 0.05) is 6.20 Å². The summed E-state index contributed by atoms with van der Waals surface area (Å²) < 4.78 is 44.7. The van der Waals surface area contributed by atoms with Crippen LogP contribution in [-0.2, 0) is 12.8 Å². The van der Waals surface area contributed by atoms with Crippen LogP contribution in [0.25, 0.3) is 5.65 Å². The maximum Gasteiger partial charge on any atom is 0.416 e. The van der Waals surface area contributed by atoms with Crippen molar-refractivity contribution in [2.75, 3.05) is 0 Å². The van der Waals surface area contributed by atoms with E-state index in [4.69, 9.17) is 4.74 Å². The van der Waals surface area contributed by atoms with Crippen molar-refractivity contribution < 1.29 is 17.9 Å². The molecule has 2 aromatic heterocycles. The standard InChI is InChI=1S/C15H11F3N2O/c16-15(17,18)11-4-6-13(7-5-11)21-10-12-9-19-14-3-1-2-8-20(12)14/h1-9H,10H2. The lowest BCUT2D eigenvalue weighted by atomic mass is 10.2. The van der Waals surface area contributed by atoms with Crippen LogP contribution in [0.1, 0.15) is 11.3 Å². The molecule has 0 bridgehead atoms. The molecule has 1 aromatic carbocycles. The molecule has 2 heterocycles. The van der Waals surface area contributed by atoms with E-state index in [2.05, 4.69) is 4.98 Å². The summed E-state index contributed by atoms with van der Waals surface area (Å²) in [6.45, 7) is 0.233. The van der Waals surface area contributed by atoms with Gasteiger partial charge >= 0.3 is 6.18 Å². The summed E-state index contributed by atoms with van der Waals surface area (Å²) in [6.07, 6.45) is -0.798. The number of rotatable bonds is 3. The van der Waals surface area contributed by atoms with E-state index < -0.39 is 11.7 Å². The van der Waals surface area contributed by atoms with Crippen LogP contribution < -0.4 is 4.74 Å². The molecule has 21 heavy (non-hydrogen) atoms. The summed E-state index contributed by atoms with van der Waals surface area (Å²) in [5.74, 6) is 0.383. The second-order valence-electron chi connectivity index (χ2n) is 4.49. The monoisotopic (exact) mass is 292 g/mol. The first kappa shape index (κ1) is 13.5. The maximum absolute atomic E-state index is 12.5. The number of halogens is 3. The number of alkyl halides is 3. The molecule has 0 atom stereocenters. The Bertz CT molecular complexity index is 747. The Morgan fingerprint density at radius 1 is 1.05 bits per heavy atom. The largest absolute Gasteiger partial charge is 0.487 e. The van der Waals surface area contributed by atoms with Gasteiger partial charge in [0.05, 0.1) is 17.5 Å². The first-order chi connectivity index (χ1) is 10.0. The lowest BCUT2D eigenvalue weighted by Gasteiger charge is -2.09. The molecule has 3 rings (SSSR count). The van der Waals surface area contributed by atoms with Gasteiger partial charge in [0.25, 0.3) is 0 Å². The summed E-state index contributed by atoms with van der Waals surface area (Å²) in [5.41, 5.74) is 0.929. The summed E-state index contributed by atoms with van der Waals surface area (Å²) in [4.78, 5) is 4.21. The number of hydrogen-bond donors (Lipinski definition) is 0. The molecule has 0 aliphatic rings. The van der Waals surface area contributed by atoms with Gasteiger partial charge in [-0.3, -0.25) is 0 Å². The first-order valence-corrected chi connectivity index (χ1v) is 6.25. The van der Waals surface area contributed by atoms with E-state index in [1.54, 1.807) is 6.20 Å². The van der Waals surface area contributed by atoms with Crippen LogP contribution in [0.3, 0.4) is 0 Å². The highest BCUT2D eigenvalue weighted by molar-refractivity contribution is 5.39. The van der Waals surface area contributed by atoms with Crippen LogP contribution in [0.4, 0.5) is 13.2 Å². The van der Waals surface area contributed by atoms with Gasteiger partial charge in [-0.25, -0.2) is 4.98 Å². The van der Waals surface area contributed by atoms with Gasteiger partial charge in [-0.2, -0.15) is 13.2 Å². The third-order valence-corrected chi connectivity index (χ3v) is 3.06. The van der Waals surface area contributed by atoms with Crippen LogP contribution >= 0.6 is 0 Å². The topological polar surface area (TPSA) is 26.5 Å². The number of hydrogen-bond acceptors (Lipinski definition) is 2. The Morgan fingerprint density at radius 2 is 1.81 bits per heavy atom. The molecule has 108 valence electrons. The van der Waals surface area contributed by atoms with E-state index >= 15 is 0 Å². The number of nitrogens with zero attached hydrogens (tertiary/aromatic N) is 2. The van der Waals surface area contributed by atoms with Crippen molar-refractivity contribution in [3.05, 3.63) is 66.1 Å². The molecule has 0 saturated carbocycles. The fraction of sp³-hybridized carbons (Fsp3) is 0.133. The third kappa shape index (κ3) is 2.84. The molecule has 0 aliphatic carbocycles. The molecule has 0 saturated heterocycles. The third-order valence-electron chi connectivity index (χ3n) is 3.06. The molecule has 0 unspecified atom stereocenters. The van der Waals surface area contributed by atoms with Gasteiger partial charge in [-0.15, -0.1) is 0 Å². The fourth-order valence-electron chi connectivity index (χ4n) is 1.99. The fourth-order valence-corrected chi connectivity index (χ4v) is 1.99. The normalized spacial score (nSPS) is 11.8. The van der Waals surface area contributed by atoms with E-state index in [-0.39, 0.29) is 6.61 Å². The highest BCUT2D eigenvalue weighted by Crippen LogP contribution is 2.30. The Hall–Kier alpha value is -2.50. The lowest BCUT2D eigenvalue weighted by Crippen LogP contribution is -2.04. The van der Waals surface area contributed by atoms with E-state index in [1.807, 2.05) is 28.8 Å². The average molecular weight is 292 g/mol. The number of ether oxygens (including phenoxy) is 1. The van der Waals surface area contributed by atoms with Crippen LogP contribution in [0.2, 0.25) is 0 Å². The SMILES string of the molecule is FC(F)(F)c1ccc(OCc2cnc3ccccn23)cc1. The molecule has 6 heteroatoms. The maximum atomic E-state index is 12.5. The smallest absolute Gasteiger partial charge is 0.416 e. The van der Waals surface area contributed by atoms with Gasteiger partial charge < -0.3 is 9.14 Å². The van der Waals surface area contributed by atoms with Crippen molar-refractivity contribution in [1.29, 1.82) is 0 Å². The number of pyridine rings is 1. The predicted octanol–water partition coefficient (Wildman–Crippen LogP) is 3.93. The van der Waals surface area contributed by atoms with E-state index in [9.17, 15) is 13.2 Å². The van der Waals surface area contributed by atoms with Gasteiger partial charge in [0.1, 0.15) is 18.0 Å². The van der Waals surface area contributed by atoms with Crippen LogP contribution in [0, 0.1) is 0 Å². The van der Waals surface area contributed by atoms with Crippen LogP contribution in [-0.4, -0.2) is 9.38 Å². The van der Waals surface area contributed by atoms with E-state index in [1.165, 1.54) is 12.1 Å². The summed E-state index contributed by atoms with van der Waals surface area (Å²) in [7, 11) is 0. The molecular weight excluding hydrogens is 281 g/mol. The number of imidazole rings is 1. The number of aromatic nitrogens is 2. The molecule has 0 aliphatic heterocycles. The van der Waals surface area contributed by atoms with Crippen molar-refractivity contribution in [1.82, 2.24) is 9.38 Å². The summed E-state index contributed by atoms with van der Waals surface area (Å²) in [5, 5.41) is 0. The minimum atomic E-state index is -4.33. The molecule has 0 fully saturated rings. The minimum absolute atomic E-state index is 0.233. The Kier molecular flexibility index (Phi) is 3.29. The highest BCUT2D eigenvalue weighted by Gasteiger charge is 2.29. The molecule has 0 radical (unpaired) electrons. The van der Waals surface area contributed by atoms with Gasteiger partial charge in [0.2, 0.25) is 0 Å². The van der Waals surface area contributed by atoms with Gasteiger partial charge in [-0.1, -0.05) is 6.07 Å². The number of fused-ring (bicyclic) bond motifs is 1. The lowest BCUT2D eigenvalue weighted by molar-refractivity contribution is -0.137. The van der Waals surface area contributed by atoms with Gasteiger partial charge in [0.15, 0.2) is 0 Å². The zero-order chi connectivity index (χ0) is 14.9. The Balaban J connectivity index is 1.73. The molecule has 0 spiro atoms. The second kappa shape index (κ2) is 5.12. The van der Waals surface area contributed by atoms with Crippen molar-refractivity contribution >= 4 is 5.65 Å². The molecular formula is C15H11F3N2O. The quantitative estimate of drug-likeness (QED) is 0.731. The minimum Gasteiger partial charge on any atom is -0.487 e. The molecule has 3 nitrogen and oxygen atoms in total. The Labute approximate surface area is 118 Å².